The third kappa shape index (κ3) is 4.60. The zero-order chi connectivity index (χ0) is 27.1. The van der Waals surface area contributed by atoms with Crippen LogP contribution in [0.25, 0.3) is 0 Å². The van der Waals surface area contributed by atoms with Gasteiger partial charge in [0.15, 0.2) is 0 Å². The molecule has 40 heavy (non-hydrogen) atoms. The Kier molecular flexibility index (Phi) is 6.23. The minimum absolute atomic E-state index is 0.0438. The van der Waals surface area contributed by atoms with E-state index in [1.807, 2.05) is 83.8 Å². The van der Waals surface area contributed by atoms with E-state index in [1.165, 1.54) is 5.56 Å². The van der Waals surface area contributed by atoms with Gasteiger partial charge in [0.2, 0.25) is 11.8 Å². The van der Waals surface area contributed by atoms with Gasteiger partial charge >= 0.3 is 0 Å². The highest BCUT2D eigenvalue weighted by atomic mass is 16.5. The number of piperazine rings is 1. The molecule has 4 aromatic carbocycles. The number of carbonyl (C=O) groups excluding carboxylic acids is 2. The Hall–Kier alpha value is -4.58. The molecule has 1 saturated carbocycles. The van der Waals surface area contributed by atoms with Crippen molar-refractivity contribution < 1.29 is 14.3 Å². The number of rotatable bonds is 5. The first-order valence-electron chi connectivity index (χ1n) is 14.0. The number of benzene rings is 4. The number of fused-ring (bicyclic) bond motifs is 2. The quantitative estimate of drug-likeness (QED) is 0.344. The van der Waals surface area contributed by atoms with Crippen LogP contribution in [0.5, 0.6) is 11.5 Å². The summed E-state index contributed by atoms with van der Waals surface area (Å²) in [6, 6.07) is 34.0. The highest BCUT2D eigenvalue weighted by Crippen LogP contribution is 2.48. The van der Waals surface area contributed by atoms with Crippen LogP contribution in [0.1, 0.15) is 34.9 Å². The Morgan fingerprint density at radius 3 is 1.95 bits per heavy atom. The second-order valence-electron chi connectivity index (χ2n) is 10.8. The summed E-state index contributed by atoms with van der Waals surface area (Å²) in [6.07, 6.45) is 0.905. The Morgan fingerprint density at radius 1 is 0.700 bits per heavy atom. The monoisotopic (exact) mass is 529 g/mol. The Bertz CT molecular complexity index is 1500. The van der Waals surface area contributed by atoms with Crippen LogP contribution in [0.4, 0.5) is 11.4 Å². The number of hydrogen-bond acceptors (Lipinski definition) is 4. The van der Waals surface area contributed by atoms with Gasteiger partial charge in [-0.15, -0.1) is 0 Å². The minimum atomic E-state index is -0.358. The maximum absolute atomic E-state index is 13.9. The van der Waals surface area contributed by atoms with Crippen molar-refractivity contribution in [3.8, 4) is 11.5 Å². The van der Waals surface area contributed by atoms with Gasteiger partial charge in [-0.25, -0.2) is 0 Å². The zero-order valence-electron chi connectivity index (χ0n) is 22.2. The lowest BCUT2D eigenvalue weighted by Crippen LogP contribution is -2.50. The predicted molar refractivity (Wildman–Crippen MR) is 156 cm³/mol. The van der Waals surface area contributed by atoms with E-state index >= 15 is 0 Å². The van der Waals surface area contributed by atoms with Gasteiger partial charge in [0.1, 0.15) is 11.5 Å². The molecule has 2 heterocycles. The Balaban J connectivity index is 0.976. The summed E-state index contributed by atoms with van der Waals surface area (Å²) in [5, 5.41) is 3.09. The summed E-state index contributed by atoms with van der Waals surface area (Å²) in [6.45, 7) is 2.82. The highest BCUT2D eigenvalue weighted by Gasteiger charge is 2.43. The van der Waals surface area contributed by atoms with Crippen LogP contribution in [0, 0.1) is 5.92 Å². The molecule has 6 heteroatoms. The third-order valence-electron chi connectivity index (χ3n) is 8.37. The standard InChI is InChI=1S/C34H31N3O3/c38-33(29-22-28(29)23-8-2-1-3-9-23)35-24-14-16-25(17-15-24)36-18-20-37(21-19-36)34(39)32-26-10-4-6-12-30(26)40-31-13-7-5-11-27(31)32/h1-17,28-29,32H,18-22H2,(H,35,38). The molecular weight excluding hydrogens is 498 g/mol. The van der Waals surface area contributed by atoms with Crippen LogP contribution >= 0.6 is 0 Å². The van der Waals surface area contributed by atoms with Gasteiger partial charge in [-0.3, -0.25) is 9.59 Å². The molecule has 1 aliphatic carbocycles. The first kappa shape index (κ1) is 24.5. The minimum Gasteiger partial charge on any atom is -0.457 e. The molecule has 2 amide bonds. The van der Waals surface area contributed by atoms with Gasteiger partial charge in [-0.05, 0) is 54.3 Å². The predicted octanol–water partition coefficient (Wildman–Crippen LogP) is 6.02. The summed E-state index contributed by atoms with van der Waals surface area (Å²) in [7, 11) is 0. The van der Waals surface area contributed by atoms with Crippen molar-refractivity contribution >= 4 is 23.2 Å². The van der Waals surface area contributed by atoms with Gasteiger partial charge in [0.05, 0.1) is 5.92 Å². The van der Waals surface area contributed by atoms with Crippen molar-refractivity contribution in [3.63, 3.8) is 0 Å². The van der Waals surface area contributed by atoms with Crippen LogP contribution in [0.2, 0.25) is 0 Å². The second kappa shape index (κ2) is 10.2. The van der Waals surface area contributed by atoms with Crippen molar-refractivity contribution in [2.75, 3.05) is 36.4 Å². The second-order valence-corrected chi connectivity index (χ2v) is 10.8. The fraction of sp³-hybridized carbons (Fsp3) is 0.235. The number of nitrogens with zero attached hydrogens (tertiary/aromatic N) is 2. The molecule has 7 rings (SSSR count). The molecule has 4 aromatic rings. The highest BCUT2D eigenvalue weighted by molar-refractivity contribution is 5.95. The molecule has 200 valence electrons. The van der Waals surface area contributed by atoms with E-state index in [4.69, 9.17) is 4.74 Å². The first-order chi connectivity index (χ1) is 19.7. The number of ether oxygens (including phenoxy) is 1. The lowest BCUT2D eigenvalue weighted by atomic mass is 9.86. The molecule has 2 fully saturated rings. The van der Waals surface area contributed by atoms with Gasteiger partial charge in [0.25, 0.3) is 0 Å². The molecule has 2 atom stereocenters. The molecule has 2 unspecified atom stereocenters. The fourth-order valence-electron chi connectivity index (χ4n) is 6.09. The van der Waals surface area contributed by atoms with Crippen LogP contribution in [-0.4, -0.2) is 42.9 Å². The number of anilines is 2. The van der Waals surface area contributed by atoms with E-state index in [1.54, 1.807) is 0 Å². The molecule has 3 aliphatic rings. The lowest BCUT2D eigenvalue weighted by molar-refractivity contribution is -0.132. The number of para-hydroxylation sites is 2. The Morgan fingerprint density at radius 2 is 1.30 bits per heavy atom. The normalized spacial score (nSPS) is 19.7. The lowest BCUT2D eigenvalue weighted by Gasteiger charge is -2.38. The first-order valence-corrected chi connectivity index (χ1v) is 14.0. The topological polar surface area (TPSA) is 61.9 Å². The smallest absolute Gasteiger partial charge is 0.234 e. The van der Waals surface area contributed by atoms with Crippen molar-refractivity contribution in [1.29, 1.82) is 0 Å². The van der Waals surface area contributed by atoms with Crippen LogP contribution in [0.3, 0.4) is 0 Å². The van der Waals surface area contributed by atoms with E-state index in [0.29, 0.717) is 19.0 Å². The van der Waals surface area contributed by atoms with Crippen LogP contribution in [0.15, 0.2) is 103 Å². The maximum Gasteiger partial charge on any atom is 0.234 e. The molecule has 2 aliphatic heterocycles. The van der Waals surface area contributed by atoms with Crippen LogP contribution < -0.4 is 15.0 Å². The van der Waals surface area contributed by atoms with Crippen molar-refractivity contribution in [1.82, 2.24) is 4.90 Å². The summed E-state index contributed by atoms with van der Waals surface area (Å²) in [4.78, 5) is 30.9. The third-order valence-corrected chi connectivity index (χ3v) is 8.37. The average molecular weight is 530 g/mol. The van der Waals surface area contributed by atoms with E-state index in [-0.39, 0.29) is 23.7 Å². The van der Waals surface area contributed by atoms with Crippen molar-refractivity contribution in [2.24, 2.45) is 5.92 Å². The van der Waals surface area contributed by atoms with Crippen LogP contribution in [-0.2, 0) is 9.59 Å². The SMILES string of the molecule is O=C(Nc1ccc(N2CCN(C(=O)C3c4ccccc4Oc4ccccc43)CC2)cc1)C1CC1c1ccccc1. The molecule has 1 N–H and O–H groups in total. The number of hydrogen-bond donors (Lipinski definition) is 1. The fourth-order valence-corrected chi connectivity index (χ4v) is 6.09. The number of nitrogens with one attached hydrogen (secondary N) is 1. The largest absolute Gasteiger partial charge is 0.457 e. The van der Waals surface area contributed by atoms with Gasteiger partial charge in [0, 0.05) is 54.6 Å². The average Bonchev–Trinajstić information content (AvgIpc) is 3.82. The van der Waals surface area contributed by atoms with E-state index in [9.17, 15) is 9.59 Å². The van der Waals surface area contributed by atoms with Crippen molar-refractivity contribution in [3.05, 3.63) is 120 Å². The number of carbonyl (C=O) groups is 2. The van der Waals surface area contributed by atoms with Gasteiger partial charge < -0.3 is 19.9 Å². The Labute approximate surface area is 234 Å². The molecule has 6 nitrogen and oxygen atoms in total. The van der Waals surface area contributed by atoms with E-state index in [0.717, 1.165) is 53.5 Å². The molecule has 0 aromatic heterocycles. The molecule has 0 bridgehead atoms. The summed E-state index contributed by atoms with van der Waals surface area (Å²) in [5.74, 6) is 1.72. The van der Waals surface area contributed by atoms with E-state index < -0.39 is 0 Å². The molecular formula is C34H31N3O3. The molecule has 1 saturated heterocycles. The summed E-state index contributed by atoms with van der Waals surface area (Å²) in [5.41, 5.74) is 5.00. The zero-order valence-corrected chi connectivity index (χ0v) is 22.2. The molecule has 0 spiro atoms. The van der Waals surface area contributed by atoms with Gasteiger partial charge in [-0.1, -0.05) is 66.7 Å². The maximum atomic E-state index is 13.9. The summed E-state index contributed by atoms with van der Waals surface area (Å²) >= 11 is 0. The van der Waals surface area contributed by atoms with Gasteiger partial charge in [-0.2, -0.15) is 0 Å². The molecule has 0 radical (unpaired) electrons. The van der Waals surface area contributed by atoms with E-state index in [2.05, 4.69) is 34.5 Å². The summed E-state index contributed by atoms with van der Waals surface area (Å²) < 4.78 is 6.09. The number of amides is 2. The van der Waals surface area contributed by atoms with Crippen molar-refractivity contribution in [2.45, 2.75) is 18.3 Å².